The van der Waals surface area contributed by atoms with E-state index in [4.69, 9.17) is 9.47 Å². The molecule has 0 saturated carbocycles. The zero-order valence-corrected chi connectivity index (χ0v) is 19.0. The Balaban J connectivity index is 1.50. The van der Waals surface area contributed by atoms with Crippen LogP contribution in [0.25, 0.3) is 0 Å². The molecule has 0 radical (unpaired) electrons. The average molecular weight is 460 g/mol. The molecular weight excluding hydrogens is 430 g/mol. The minimum atomic E-state index is -3.55. The van der Waals surface area contributed by atoms with Crippen molar-refractivity contribution in [2.24, 2.45) is 0 Å². The Morgan fingerprint density at radius 1 is 1.16 bits per heavy atom. The van der Waals surface area contributed by atoms with Crippen LogP contribution in [-0.4, -0.2) is 70.0 Å². The molecule has 1 saturated heterocycles. The number of anilines is 1. The number of sulfonamides is 1. The predicted molar refractivity (Wildman–Crippen MR) is 123 cm³/mol. The Morgan fingerprint density at radius 3 is 2.44 bits per heavy atom. The first-order valence-corrected chi connectivity index (χ1v) is 11.8. The zero-order valence-electron chi connectivity index (χ0n) is 18.2. The van der Waals surface area contributed by atoms with Crippen LogP contribution in [0.15, 0.2) is 66.1 Å². The molecule has 0 unspecified atom stereocenters. The van der Waals surface area contributed by atoms with Crippen LogP contribution in [0.5, 0.6) is 5.75 Å². The lowest BCUT2D eigenvalue weighted by Gasteiger charge is -2.26. The molecule has 1 heterocycles. The standard InChI is InChI=1S/C23H29N3O5S/c1-3-14-31-21-8-4-19(5-9-21)17-25(2)18-23(27)24-20-6-10-22(11-7-20)32(28,29)26-12-15-30-16-13-26/h3-11H,1,12-18H2,2H3,(H,24,27). The fraction of sp³-hybridized carbons (Fsp3) is 0.348. The van der Waals surface area contributed by atoms with Gasteiger partial charge in [0.25, 0.3) is 0 Å². The fourth-order valence-electron chi connectivity index (χ4n) is 3.31. The lowest BCUT2D eigenvalue weighted by molar-refractivity contribution is -0.117. The van der Waals surface area contributed by atoms with Gasteiger partial charge in [-0.05, 0) is 49.0 Å². The molecule has 0 aromatic heterocycles. The Bertz CT molecular complexity index is 1000. The molecule has 1 fully saturated rings. The number of morpholine rings is 1. The van der Waals surface area contributed by atoms with E-state index in [2.05, 4.69) is 11.9 Å². The molecule has 9 heteroatoms. The second kappa shape index (κ2) is 11.2. The van der Waals surface area contributed by atoms with E-state index in [-0.39, 0.29) is 17.3 Å². The number of benzene rings is 2. The lowest BCUT2D eigenvalue weighted by Crippen LogP contribution is -2.40. The first kappa shape index (κ1) is 23.9. The summed E-state index contributed by atoms with van der Waals surface area (Å²) in [5, 5.41) is 2.81. The van der Waals surface area contributed by atoms with Crippen LogP contribution >= 0.6 is 0 Å². The first-order chi connectivity index (χ1) is 15.4. The molecule has 0 atom stereocenters. The van der Waals surface area contributed by atoms with E-state index in [1.54, 1.807) is 18.2 Å². The van der Waals surface area contributed by atoms with Crippen molar-refractivity contribution in [1.29, 1.82) is 0 Å². The highest BCUT2D eigenvalue weighted by atomic mass is 32.2. The lowest BCUT2D eigenvalue weighted by atomic mass is 10.2. The summed E-state index contributed by atoms with van der Waals surface area (Å²) in [6.45, 7) is 6.36. The van der Waals surface area contributed by atoms with Crippen molar-refractivity contribution in [3.05, 3.63) is 66.7 Å². The number of nitrogens with zero attached hydrogens (tertiary/aromatic N) is 2. The summed E-state index contributed by atoms with van der Waals surface area (Å²) >= 11 is 0. The molecule has 32 heavy (non-hydrogen) atoms. The van der Waals surface area contributed by atoms with Gasteiger partial charge in [0.15, 0.2) is 0 Å². The molecule has 2 aromatic carbocycles. The molecule has 3 rings (SSSR count). The van der Waals surface area contributed by atoms with Gasteiger partial charge in [-0.15, -0.1) is 0 Å². The zero-order chi connectivity index (χ0) is 23.0. The summed E-state index contributed by atoms with van der Waals surface area (Å²) in [7, 11) is -1.69. The van der Waals surface area contributed by atoms with Gasteiger partial charge in [0.1, 0.15) is 12.4 Å². The highest BCUT2D eigenvalue weighted by Crippen LogP contribution is 2.19. The molecule has 1 N–H and O–H groups in total. The van der Waals surface area contributed by atoms with Crippen LogP contribution < -0.4 is 10.1 Å². The third-order valence-corrected chi connectivity index (χ3v) is 6.82. The molecule has 0 bridgehead atoms. The van der Waals surface area contributed by atoms with Gasteiger partial charge in [-0.3, -0.25) is 9.69 Å². The smallest absolute Gasteiger partial charge is 0.243 e. The highest BCUT2D eigenvalue weighted by Gasteiger charge is 2.26. The Hall–Kier alpha value is -2.72. The van der Waals surface area contributed by atoms with Crippen LogP contribution in [0.3, 0.4) is 0 Å². The van der Waals surface area contributed by atoms with Gasteiger partial charge in [-0.2, -0.15) is 4.31 Å². The molecule has 8 nitrogen and oxygen atoms in total. The number of likely N-dealkylation sites (N-methyl/N-ethyl adjacent to an activating group) is 1. The molecule has 2 aromatic rings. The Labute approximate surface area is 189 Å². The van der Waals surface area contributed by atoms with Crippen molar-refractivity contribution in [3.8, 4) is 5.75 Å². The van der Waals surface area contributed by atoms with E-state index >= 15 is 0 Å². The largest absolute Gasteiger partial charge is 0.490 e. The summed E-state index contributed by atoms with van der Waals surface area (Å²) in [4.78, 5) is 14.5. The topological polar surface area (TPSA) is 88.2 Å². The monoisotopic (exact) mass is 459 g/mol. The summed E-state index contributed by atoms with van der Waals surface area (Å²) in [6, 6.07) is 13.9. The van der Waals surface area contributed by atoms with Crippen LogP contribution in [0.1, 0.15) is 5.56 Å². The minimum Gasteiger partial charge on any atom is -0.490 e. The van der Waals surface area contributed by atoms with E-state index in [9.17, 15) is 13.2 Å². The second-order valence-corrected chi connectivity index (χ2v) is 9.44. The highest BCUT2D eigenvalue weighted by molar-refractivity contribution is 7.89. The fourth-order valence-corrected chi connectivity index (χ4v) is 4.71. The van der Waals surface area contributed by atoms with E-state index < -0.39 is 10.0 Å². The summed E-state index contributed by atoms with van der Waals surface area (Å²) < 4.78 is 37.5. The molecular formula is C23H29N3O5S. The summed E-state index contributed by atoms with van der Waals surface area (Å²) in [5.74, 6) is 0.593. The number of ether oxygens (including phenoxy) is 2. The van der Waals surface area contributed by atoms with Gasteiger partial charge in [0.05, 0.1) is 24.7 Å². The number of carbonyl (C=O) groups is 1. The van der Waals surface area contributed by atoms with Gasteiger partial charge < -0.3 is 14.8 Å². The van der Waals surface area contributed by atoms with Crippen LogP contribution in [0, 0.1) is 0 Å². The second-order valence-electron chi connectivity index (χ2n) is 7.50. The number of nitrogens with one attached hydrogen (secondary N) is 1. The van der Waals surface area contributed by atoms with Crippen LogP contribution in [0.2, 0.25) is 0 Å². The maximum absolute atomic E-state index is 12.7. The number of carbonyl (C=O) groups excluding carboxylic acids is 1. The quantitative estimate of drug-likeness (QED) is 0.549. The number of hydrogen-bond donors (Lipinski definition) is 1. The van der Waals surface area contributed by atoms with E-state index in [1.165, 1.54) is 16.4 Å². The van der Waals surface area contributed by atoms with Gasteiger partial charge in [0.2, 0.25) is 15.9 Å². The Morgan fingerprint density at radius 2 is 1.81 bits per heavy atom. The molecule has 1 aliphatic heterocycles. The normalized spacial score (nSPS) is 14.8. The number of hydrogen-bond acceptors (Lipinski definition) is 6. The van der Waals surface area contributed by atoms with Crippen LogP contribution in [-0.2, 0) is 26.1 Å². The van der Waals surface area contributed by atoms with Crippen molar-refractivity contribution in [1.82, 2.24) is 9.21 Å². The predicted octanol–water partition coefficient (Wildman–Crippen LogP) is 2.34. The van der Waals surface area contributed by atoms with Crippen molar-refractivity contribution in [3.63, 3.8) is 0 Å². The van der Waals surface area contributed by atoms with Gasteiger partial charge in [-0.25, -0.2) is 8.42 Å². The number of amides is 1. The SMILES string of the molecule is C=CCOc1ccc(CN(C)CC(=O)Nc2ccc(S(=O)(=O)N3CCOCC3)cc2)cc1. The van der Waals surface area contributed by atoms with E-state index in [1.807, 2.05) is 36.2 Å². The molecule has 0 aliphatic carbocycles. The third kappa shape index (κ3) is 6.64. The summed E-state index contributed by atoms with van der Waals surface area (Å²) in [5.41, 5.74) is 1.61. The van der Waals surface area contributed by atoms with Crippen LogP contribution in [0.4, 0.5) is 5.69 Å². The summed E-state index contributed by atoms with van der Waals surface area (Å²) in [6.07, 6.45) is 1.69. The maximum atomic E-state index is 12.7. The number of rotatable bonds is 10. The van der Waals surface area contributed by atoms with Crippen molar-refractivity contribution in [2.75, 3.05) is 51.8 Å². The maximum Gasteiger partial charge on any atom is 0.243 e. The third-order valence-electron chi connectivity index (χ3n) is 4.90. The van der Waals surface area contributed by atoms with E-state index in [0.29, 0.717) is 45.1 Å². The minimum absolute atomic E-state index is 0.178. The van der Waals surface area contributed by atoms with E-state index in [0.717, 1.165) is 11.3 Å². The van der Waals surface area contributed by atoms with Gasteiger partial charge in [0, 0.05) is 25.3 Å². The Kier molecular flexibility index (Phi) is 8.40. The average Bonchev–Trinajstić information content (AvgIpc) is 2.79. The van der Waals surface area contributed by atoms with Gasteiger partial charge in [-0.1, -0.05) is 24.8 Å². The van der Waals surface area contributed by atoms with Crippen molar-refractivity contribution >= 4 is 21.6 Å². The van der Waals surface area contributed by atoms with Gasteiger partial charge >= 0.3 is 0 Å². The molecule has 172 valence electrons. The van der Waals surface area contributed by atoms with Crippen molar-refractivity contribution in [2.45, 2.75) is 11.4 Å². The first-order valence-electron chi connectivity index (χ1n) is 10.4. The molecule has 1 aliphatic rings. The molecule has 1 amide bonds. The molecule has 0 spiro atoms. The van der Waals surface area contributed by atoms with Crippen molar-refractivity contribution < 1.29 is 22.7 Å².